The van der Waals surface area contributed by atoms with Crippen LogP contribution in [0.5, 0.6) is 11.5 Å². The predicted molar refractivity (Wildman–Crippen MR) is 121 cm³/mol. The highest BCUT2D eigenvalue weighted by molar-refractivity contribution is 6.11. The van der Waals surface area contributed by atoms with Crippen LogP contribution in [0.4, 0.5) is 11.4 Å². The van der Waals surface area contributed by atoms with E-state index in [4.69, 9.17) is 9.47 Å². The summed E-state index contributed by atoms with van der Waals surface area (Å²) in [6.45, 7) is 2.32. The summed E-state index contributed by atoms with van der Waals surface area (Å²) >= 11 is 0. The molecule has 0 bridgehead atoms. The smallest absolute Gasteiger partial charge is 0.276 e. The van der Waals surface area contributed by atoms with Crippen LogP contribution < -0.4 is 19.7 Å². The van der Waals surface area contributed by atoms with Gasteiger partial charge in [0.25, 0.3) is 5.91 Å². The molecule has 0 aliphatic carbocycles. The van der Waals surface area contributed by atoms with Crippen molar-refractivity contribution in [2.24, 2.45) is 0 Å². The van der Waals surface area contributed by atoms with Gasteiger partial charge in [-0.05, 0) is 48.7 Å². The minimum Gasteiger partial charge on any atom is -0.454 e. The summed E-state index contributed by atoms with van der Waals surface area (Å²) in [4.78, 5) is 19.8. The average Bonchev–Trinajstić information content (AvgIpc) is 3.59. The molecule has 0 radical (unpaired) electrons. The van der Waals surface area contributed by atoms with Crippen molar-refractivity contribution in [3.63, 3.8) is 0 Å². The molecule has 8 nitrogen and oxygen atoms in total. The third kappa shape index (κ3) is 3.30. The third-order valence-corrected chi connectivity index (χ3v) is 5.94. The number of aromatic amines is 1. The Morgan fingerprint density at radius 3 is 2.75 bits per heavy atom. The van der Waals surface area contributed by atoms with E-state index in [-0.39, 0.29) is 12.7 Å². The number of anilines is 2. The maximum atomic E-state index is 13.0. The van der Waals surface area contributed by atoms with Gasteiger partial charge in [-0.15, -0.1) is 0 Å². The third-order valence-electron chi connectivity index (χ3n) is 5.94. The lowest BCUT2D eigenvalue weighted by Gasteiger charge is -2.17. The molecular weight excluding hydrogens is 406 g/mol. The summed E-state index contributed by atoms with van der Waals surface area (Å²) < 4.78 is 10.7. The summed E-state index contributed by atoms with van der Waals surface area (Å²) in [5.41, 5.74) is 4.89. The van der Waals surface area contributed by atoms with Crippen LogP contribution in [0.2, 0.25) is 0 Å². The molecule has 2 aromatic carbocycles. The first-order chi connectivity index (χ1) is 15.7. The fourth-order valence-electron chi connectivity index (χ4n) is 4.27. The molecular formula is C24H21N5O3. The van der Waals surface area contributed by atoms with Crippen LogP contribution in [0.25, 0.3) is 22.0 Å². The van der Waals surface area contributed by atoms with Crippen molar-refractivity contribution in [2.45, 2.75) is 12.8 Å². The molecule has 0 unspecified atom stereocenters. The molecule has 4 aromatic rings. The van der Waals surface area contributed by atoms with Gasteiger partial charge < -0.3 is 19.7 Å². The van der Waals surface area contributed by atoms with Crippen LogP contribution in [-0.2, 0) is 0 Å². The molecule has 4 heterocycles. The number of carbonyl (C=O) groups excluding carboxylic acids is 1. The van der Waals surface area contributed by atoms with Gasteiger partial charge in [0.2, 0.25) is 6.79 Å². The van der Waals surface area contributed by atoms with E-state index < -0.39 is 0 Å². The molecule has 0 atom stereocenters. The fraction of sp³-hybridized carbons (Fsp3) is 0.208. The molecule has 1 amide bonds. The summed E-state index contributed by atoms with van der Waals surface area (Å²) in [6.07, 6.45) is 6.20. The predicted octanol–water partition coefficient (Wildman–Crippen LogP) is 4.21. The number of pyridine rings is 1. The summed E-state index contributed by atoms with van der Waals surface area (Å²) in [5, 5.41) is 10.9. The van der Waals surface area contributed by atoms with E-state index in [0.717, 1.165) is 40.8 Å². The molecule has 8 heteroatoms. The quantitative estimate of drug-likeness (QED) is 0.507. The van der Waals surface area contributed by atoms with Crippen LogP contribution in [0.15, 0.2) is 54.9 Å². The van der Waals surface area contributed by atoms with Crippen LogP contribution in [0.3, 0.4) is 0 Å². The number of nitrogens with one attached hydrogen (secondary N) is 2. The Hall–Kier alpha value is -4.07. The second kappa shape index (κ2) is 7.56. The molecule has 1 saturated heterocycles. The molecule has 6 rings (SSSR count). The van der Waals surface area contributed by atoms with E-state index in [1.54, 1.807) is 18.2 Å². The highest BCUT2D eigenvalue weighted by Crippen LogP contribution is 2.34. The molecule has 0 saturated carbocycles. The topological polar surface area (TPSA) is 92.4 Å². The van der Waals surface area contributed by atoms with Crippen LogP contribution in [0.1, 0.15) is 23.3 Å². The van der Waals surface area contributed by atoms with Crippen LogP contribution >= 0.6 is 0 Å². The summed E-state index contributed by atoms with van der Waals surface area (Å²) in [7, 11) is 0. The van der Waals surface area contributed by atoms with Crippen molar-refractivity contribution < 1.29 is 14.3 Å². The number of hydrogen-bond acceptors (Lipinski definition) is 6. The number of aromatic nitrogens is 3. The number of nitrogens with zero attached hydrogens (tertiary/aromatic N) is 3. The Bertz CT molecular complexity index is 1330. The van der Waals surface area contributed by atoms with Crippen molar-refractivity contribution in [1.29, 1.82) is 0 Å². The molecule has 160 valence electrons. The Morgan fingerprint density at radius 1 is 0.969 bits per heavy atom. The Kier molecular flexibility index (Phi) is 4.41. The first-order valence-electron chi connectivity index (χ1n) is 10.6. The monoisotopic (exact) mass is 427 g/mol. The Morgan fingerprint density at radius 2 is 1.84 bits per heavy atom. The minimum atomic E-state index is -0.295. The normalized spacial score (nSPS) is 14.8. The van der Waals surface area contributed by atoms with Gasteiger partial charge in [0.15, 0.2) is 17.2 Å². The molecule has 1 fully saturated rings. The van der Waals surface area contributed by atoms with Gasteiger partial charge in [-0.1, -0.05) is 6.07 Å². The summed E-state index contributed by atoms with van der Waals surface area (Å²) in [5.74, 6) is 0.987. The number of H-pyrrole nitrogens is 1. The van der Waals surface area contributed by atoms with Gasteiger partial charge in [0, 0.05) is 42.0 Å². The molecule has 2 aliphatic heterocycles. The number of hydrogen-bond donors (Lipinski definition) is 2. The number of ether oxygens (including phenoxy) is 2. The van der Waals surface area contributed by atoms with Gasteiger partial charge in [0.1, 0.15) is 0 Å². The molecule has 32 heavy (non-hydrogen) atoms. The lowest BCUT2D eigenvalue weighted by molar-refractivity contribution is 0.102. The van der Waals surface area contributed by atoms with E-state index in [9.17, 15) is 4.79 Å². The fourth-order valence-corrected chi connectivity index (χ4v) is 4.27. The van der Waals surface area contributed by atoms with Gasteiger partial charge in [-0.25, -0.2) is 0 Å². The van der Waals surface area contributed by atoms with Crippen molar-refractivity contribution in [3.8, 4) is 22.6 Å². The van der Waals surface area contributed by atoms with E-state index in [1.165, 1.54) is 12.8 Å². The zero-order valence-corrected chi connectivity index (χ0v) is 17.3. The largest absolute Gasteiger partial charge is 0.454 e. The minimum absolute atomic E-state index is 0.188. The number of rotatable bonds is 4. The van der Waals surface area contributed by atoms with Crippen molar-refractivity contribution >= 4 is 28.2 Å². The second-order valence-electron chi connectivity index (χ2n) is 7.98. The van der Waals surface area contributed by atoms with Gasteiger partial charge >= 0.3 is 0 Å². The number of amides is 1. The standard InChI is InChI=1S/C24H21N5O3/c30-24(26-17-4-6-21-22(11-17)32-14-31-21)23-19-10-15(3-5-20(19)27-28-23)16-9-18(13-25-12-16)29-7-1-2-8-29/h3-6,9-13H,1-2,7-8,14H2,(H,26,30)(H,27,28). The van der Waals surface area contributed by atoms with Crippen LogP contribution in [-0.4, -0.2) is 41.0 Å². The van der Waals surface area contributed by atoms with Gasteiger partial charge in [0.05, 0.1) is 17.4 Å². The maximum absolute atomic E-state index is 13.0. The van der Waals surface area contributed by atoms with Crippen LogP contribution in [0, 0.1) is 0 Å². The SMILES string of the molecule is O=C(Nc1ccc2c(c1)OCO2)c1n[nH]c2ccc(-c3cncc(N4CCCC4)c3)cc12. The molecule has 2 aliphatic rings. The highest BCUT2D eigenvalue weighted by atomic mass is 16.7. The van der Waals surface area contributed by atoms with Crippen molar-refractivity contribution in [1.82, 2.24) is 15.2 Å². The molecule has 2 aromatic heterocycles. The zero-order chi connectivity index (χ0) is 21.5. The van der Waals surface area contributed by atoms with E-state index in [1.807, 2.05) is 30.6 Å². The Labute approximate surface area is 184 Å². The molecule has 0 spiro atoms. The van der Waals surface area contributed by atoms with E-state index in [0.29, 0.717) is 22.9 Å². The lowest BCUT2D eigenvalue weighted by atomic mass is 10.0. The van der Waals surface area contributed by atoms with Gasteiger partial charge in [-0.2, -0.15) is 5.10 Å². The van der Waals surface area contributed by atoms with Crippen molar-refractivity contribution in [3.05, 3.63) is 60.6 Å². The van der Waals surface area contributed by atoms with Gasteiger partial charge in [-0.3, -0.25) is 14.9 Å². The zero-order valence-electron chi connectivity index (χ0n) is 17.3. The van der Waals surface area contributed by atoms with E-state index in [2.05, 4.69) is 31.5 Å². The number of benzene rings is 2. The number of carbonyl (C=O) groups is 1. The average molecular weight is 427 g/mol. The Balaban J connectivity index is 1.30. The first kappa shape index (κ1) is 18.7. The lowest BCUT2D eigenvalue weighted by Crippen LogP contribution is -2.17. The first-order valence-corrected chi connectivity index (χ1v) is 10.6. The highest BCUT2D eigenvalue weighted by Gasteiger charge is 2.19. The number of fused-ring (bicyclic) bond motifs is 2. The van der Waals surface area contributed by atoms with E-state index >= 15 is 0 Å². The summed E-state index contributed by atoms with van der Waals surface area (Å²) in [6, 6.07) is 13.4. The maximum Gasteiger partial charge on any atom is 0.276 e. The van der Waals surface area contributed by atoms with Crippen molar-refractivity contribution in [2.75, 3.05) is 30.1 Å². The molecule has 2 N–H and O–H groups in total. The second-order valence-corrected chi connectivity index (χ2v) is 7.98.